The van der Waals surface area contributed by atoms with Crippen LogP contribution in [-0.2, 0) is 9.53 Å². The monoisotopic (exact) mass is 317 g/mol. The molecule has 5 heteroatoms. The number of nitrogens with one attached hydrogen (secondary N) is 1. The highest BCUT2D eigenvalue weighted by Gasteiger charge is 2.23. The second-order valence-corrected chi connectivity index (χ2v) is 6.35. The van der Waals surface area contributed by atoms with Crippen LogP contribution in [0.2, 0.25) is 0 Å². The van der Waals surface area contributed by atoms with E-state index in [2.05, 4.69) is 5.32 Å². The summed E-state index contributed by atoms with van der Waals surface area (Å²) in [6, 6.07) is 9.56. The van der Waals surface area contributed by atoms with Gasteiger partial charge in [-0.15, -0.1) is 11.3 Å². The first-order chi connectivity index (χ1) is 10.4. The van der Waals surface area contributed by atoms with Crippen LogP contribution in [0.3, 0.4) is 0 Å². The van der Waals surface area contributed by atoms with Crippen LogP contribution in [0, 0.1) is 13.8 Å². The predicted octanol–water partition coefficient (Wildman–Crippen LogP) is 4.24. The van der Waals surface area contributed by atoms with Gasteiger partial charge in [-0.3, -0.25) is 4.79 Å². The van der Waals surface area contributed by atoms with E-state index >= 15 is 0 Å². The van der Waals surface area contributed by atoms with Crippen LogP contribution in [0.1, 0.15) is 46.3 Å². The summed E-state index contributed by atoms with van der Waals surface area (Å²) >= 11 is 1.39. The fourth-order valence-electron chi connectivity index (χ4n) is 2.13. The van der Waals surface area contributed by atoms with E-state index in [0.717, 1.165) is 16.0 Å². The smallest absolute Gasteiger partial charge is 0.342 e. The first kappa shape index (κ1) is 16.2. The summed E-state index contributed by atoms with van der Waals surface area (Å²) in [5, 5.41) is 3.26. The third-order valence-corrected chi connectivity index (χ3v) is 4.55. The Kier molecular flexibility index (Phi) is 4.98. The van der Waals surface area contributed by atoms with Crippen LogP contribution in [0.25, 0.3) is 0 Å². The summed E-state index contributed by atoms with van der Waals surface area (Å²) < 4.78 is 5.56. The van der Waals surface area contributed by atoms with Crippen molar-refractivity contribution >= 4 is 28.2 Å². The highest BCUT2D eigenvalue weighted by atomic mass is 32.1. The molecule has 1 aromatic carbocycles. The Morgan fingerprint density at radius 1 is 1.18 bits per heavy atom. The van der Waals surface area contributed by atoms with Crippen molar-refractivity contribution < 1.29 is 14.3 Å². The van der Waals surface area contributed by atoms with Crippen LogP contribution in [0.5, 0.6) is 0 Å². The maximum atomic E-state index is 12.5. The number of carbonyl (C=O) groups is 2. The van der Waals surface area contributed by atoms with Crippen molar-refractivity contribution in [2.75, 3.05) is 5.32 Å². The average molecular weight is 317 g/mol. The minimum atomic E-state index is -0.415. The molecule has 1 heterocycles. The first-order valence-electron chi connectivity index (χ1n) is 7.03. The number of thiophene rings is 1. The van der Waals surface area contributed by atoms with E-state index in [4.69, 9.17) is 4.74 Å². The number of benzene rings is 1. The largest absolute Gasteiger partial charge is 0.454 e. The Morgan fingerprint density at radius 2 is 1.82 bits per heavy atom. The molecule has 0 spiro atoms. The molecular weight excluding hydrogens is 298 g/mol. The van der Waals surface area contributed by atoms with E-state index in [1.807, 2.05) is 51.1 Å². The molecule has 1 N–H and O–H groups in total. The van der Waals surface area contributed by atoms with Crippen molar-refractivity contribution in [3.8, 4) is 0 Å². The van der Waals surface area contributed by atoms with Gasteiger partial charge in [-0.05, 0) is 31.9 Å². The van der Waals surface area contributed by atoms with Crippen molar-refractivity contribution in [2.45, 2.75) is 33.8 Å². The van der Waals surface area contributed by atoms with Crippen molar-refractivity contribution in [3.63, 3.8) is 0 Å². The molecule has 0 radical (unpaired) electrons. The lowest BCUT2D eigenvalue weighted by Crippen LogP contribution is -2.13. The summed E-state index contributed by atoms with van der Waals surface area (Å²) in [6.45, 7) is 7.04. The molecule has 0 unspecified atom stereocenters. The van der Waals surface area contributed by atoms with E-state index in [0.29, 0.717) is 10.6 Å². The van der Waals surface area contributed by atoms with Gasteiger partial charge < -0.3 is 10.1 Å². The second kappa shape index (κ2) is 6.75. The lowest BCUT2D eigenvalue weighted by atomic mass is 10.1. The Bertz CT molecular complexity index is 691. The summed E-state index contributed by atoms with van der Waals surface area (Å²) in [5.41, 5.74) is 2.22. The standard InChI is InChI=1S/C17H19NO3S/c1-10-12(3)22-16(18-13(4)19)15(10)17(20)21-11(2)14-8-6-5-7-9-14/h5-9,11H,1-4H3,(H,18,19)/t11-/m1/s1. The molecule has 0 saturated carbocycles. The maximum Gasteiger partial charge on any atom is 0.342 e. The fraction of sp³-hybridized carbons (Fsp3) is 0.294. The summed E-state index contributed by atoms with van der Waals surface area (Å²) in [4.78, 5) is 24.8. The van der Waals surface area contributed by atoms with E-state index in [-0.39, 0.29) is 12.0 Å². The number of amides is 1. The predicted molar refractivity (Wildman–Crippen MR) is 88.4 cm³/mol. The third-order valence-electron chi connectivity index (χ3n) is 3.43. The lowest BCUT2D eigenvalue weighted by molar-refractivity contribution is -0.114. The van der Waals surface area contributed by atoms with Crippen molar-refractivity contribution in [3.05, 3.63) is 51.9 Å². The lowest BCUT2D eigenvalue weighted by Gasteiger charge is -2.14. The molecule has 1 atom stereocenters. The van der Waals surface area contributed by atoms with Gasteiger partial charge in [0.2, 0.25) is 5.91 Å². The van der Waals surface area contributed by atoms with Crippen LogP contribution >= 0.6 is 11.3 Å². The second-order valence-electron chi connectivity index (χ2n) is 5.13. The molecule has 1 amide bonds. The summed E-state index contributed by atoms with van der Waals surface area (Å²) in [5.74, 6) is -0.617. The minimum Gasteiger partial charge on any atom is -0.454 e. The number of hydrogen-bond donors (Lipinski definition) is 1. The van der Waals surface area contributed by atoms with Gasteiger partial charge in [0.25, 0.3) is 0 Å². The number of rotatable bonds is 4. The van der Waals surface area contributed by atoms with Crippen molar-refractivity contribution in [1.82, 2.24) is 0 Å². The zero-order valence-electron chi connectivity index (χ0n) is 13.1. The van der Waals surface area contributed by atoms with E-state index < -0.39 is 5.97 Å². The fourth-order valence-corrected chi connectivity index (χ4v) is 3.23. The van der Waals surface area contributed by atoms with Crippen LogP contribution in [0.15, 0.2) is 30.3 Å². The number of esters is 1. The quantitative estimate of drug-likeness (QED) is 0.858. The Morgan fingerprint density at radius 3 is 2.41 bits per heavy atom. The molecule has 2 aromatic rings. The number of ether oxygens (including phenoxy) is 1. The van der Waals surface area contributed by atoms with Gasteiger partial charge in [0.05, 0.1) is 5.56 Å². The molecule has 0 aliphatic heterocycles. The van der Waals surface area contributed by atoms with Crippen LogP contribution in [0.4, 0.5) is 5.00 Å². The zero-order valence-corrected chi connectivity index (χ0v) is 13.9. The highest BCUT2D eigenvalue weighted by Crippen LogP contribution is 2.34. The molecule has 0 saturated heterocycles. The maximum absolute atomic E-state index is 12.5. The number of carbonyl (C=O) groups excluding carboxylic acids is 2. The van der Waals surface area contributed by atoms with Crippen LogP contribution in [-0.4, -0.2) is 11.9 Å². The Hall–Kier alpha value is -2.14. The van der Waals surface area contributed by atoms with Gasteiger partial charge in [0, 0.05) is 11.8 Å². The molecule has 0 bridgehead atoms. The molecule has 0 aliphatic rings. The van der Waals surface area contributed by atoms with E-state index in [9.17, 15) is 9.59 Å². The van der Waals surface area contributed by atoms with Crippen molar-refractivity contribution in [1.29, 1.82) is 0 Å². The molecular formula is C17H19NO3S. The molecule has 0 aliphatic carbocycles. The van der Waals surface area contributed by atoms with Gasteiger partial charge in [-0.2, -0.15) is 0 Å². The normalized spacial score (nSPS) is 11.8. The number of aryl methyl sites for hydroxylation is 1. The molecule has 2 rings (SSSR count). The number of anilines is 1. The molecule has 1 aromatic heterocycles. The zero-order chi connectivity index (χ0) is 16.3. The molecule has 22 heavy (non-hydrogen) atoms. The third kappa shape index (κ3) is 3.54. The van der Waals surface area contributed by atoms with E-state index in [1.54, 1.807) is 0 Å². The topological polar surface area (TPSA) is 55.4 Å². The SMILES string of the molecule is CC(=O)Nc1sc(C)c(C)c1C(=O)O[C@H](C)c1ccccc1. The van der Waals surface area contributed by atoms with Gasteiger partial charge in [-0.1, -0.05) is 30.3 Å². The van der Waals surface area contributed by atoms with E-state index in [1.165, 1.54) is 18.3 Å². The minimum absolute atomic E-state index is 0.202. The van der Waals surface area contributed by atoms with Gasteiger partial charge >= 0.3 is 5.97 Å². The Labute approximate surface area is 134 Å². The highest BCUT2D eigenvalue weighted by molar-refractivity contribution is 7.16. The molecule has 4 nitrogen and oxygen atoms in total. The van der Waals surface area contributed by atoms with Gasteiger partial charge in [-0.25, -0.2) is 4.79 Å². The van der Waals surface area contributed by atoms with Crippen LogP contribution < -0.4 is 5.32 Å². The van der Waals surface area contributed by atoms with Gasteiger partial charge in [0.1, 0.15) is 11.1 Å². The molecule has 0 fully saturated rings. The first-order valence-corrected chi connectivity index (χ1v) is 7.85. The van der Waals surface area contributed by atoms with Gasteiger partial charge in [0.15, 0.2) is 0 Å². The average Bonchev–Trinajstić information content (AvgIpc) is 2.73. The van der Waals surface area contributed by atoms with Crippen molar-refractivity contribution in [2.24, 2.45) is 0 Å². The summed E-state index contributed by atoms with van der Waals surface area (Å²) in [7, 11) is 0. The summed E-state index contributed by atoms with van der Waals surface area (Å²) in [6.07, 6.45) is -0.349. The number of hydrogen-bond acceptors (Lipinski definition) is 4. The molecule has 116 valence electrons. The Balaban J connectivity index is 2.24.